The van der Waals surface area contributed by atoms with Crippen molar-refractivity contribution in [3.63, 3.8) is 0 Å². The van der Waals surface area contributed by atoms with Crippen LogP contribution in [0.5, 0.6) is 0 Å². The topological polar surface area (TPSA) is 138 Å². The second kappa shape index (κ2) is 28.5. The first-order valence-electron chi connectivity index (χ1n) is 28.9. The molecule has 0 atom stereocenters. The molecule has 0 aliphatic carbocycles. The van der Waals surface area contributed by atoms with E-state index in [2.05, 4.69) is 34.2 Å². The standard InChI is InChI=1S/3C23H16O2.C12H8N2.Eu/c3*24-22(20-11-9-16-5-1-3-7-18(16)13-20)15-23(25)21-12-10-17-6-2-4-8-19(17)14-21;1-3-9-5-6-10-4-2-8-14-12(10)11(9)13-7-1;/h3*1-15,24H;1-8H;/b3*22-15-;;. The molecule has 2 heterocycles. The number of carbonyl (C=O) groups is 3. The molecule has 0 saturated carbocycles. The van der Waals surface area contributed by atoms with Crippen LogP contribution in [-0.2, 0) is 0 Å². The summed E-state index contributed by atoms with van der Waals surface area (Å²) in [7, 11) is 0. The van der Waals surface area contributed by atoms with E-state index in [4.69, 9.17) is 0 Å². The fourth-order valence-corrected chi connectivity index (χ4v) is 10.6. The van der Waals surface area contributed by atoms with Crippen LogP contribution < -0.4 is 0 Å². The van der Waals surface area contributed by atoms with Gasteiger partial charge in [-0.05, 0) is 113 Å². The minimum Gasteiger partial charge on any atom is -0.507 e. The molecule has 0 aliphatic rings. The number of allylic oxidation sites excluding steroid dienone is 3. The predicted octanol–water partition coefficient (Wildman–Crippen LogP) is 20.1. The molecule has 0 spiro atoms. The molecule has 0 amide bonds. The number of aliphatic hydroxyl groups is 3. The van der Waals surface area contributed by atoms with Gasteiger partial charge < -0.3 is 15.3 Å². The van der Waals surface area contributed by atoms with E-state index in [-0.39, 0.29) is 84.0 Å². The maximum Gasteiger partial charge on any atom is 0.189 e. The number of hydrogen-bond acceptors (Lipinski definition) is 8. The van der Waals surface area contributed by atoms with E-state index in [1.807, 2.05) is 249 Å². The molecular formula is C81H56EuN2O6. The van der Waals surface area contributed by atoms with Gasteiger partial charge >= 0.3 is 0 Å². The van der Waals surface area contributed by atoms with Crippen LogP contribution in [0.15, 0.2) is 322 Å². The van der Waals surface area contributed by atoms with Crippen molar-refractivity contribution >= 4 is 121 Å². The Labute approximate surface area is 560 Å². The second-order valence-electron chi connectivity index (χ2n) is 21.3. The van der Waals surface area contributed by atoms with Crippen molar-refractivity contribution in [1.82, 2.24) is 9.97 Å². The van der Waals surface area contributed by atoms with Gasteiger partial charge in [0.05, 0.1) is 11.0 Å². The number of aliphatic hydroxyl groups excluding tert-OH is 3. The average molecular weight is 1310 g/mol. The van der Waals surface area contributed by atoms with E-state index in [0.29, 0.717) is 33.4 Å². The summed E-state index contributed by atoms with van der Waals surface area (Å²) in [5.41, 5.74) is 5.54. The van der Waals surface area contributed by atoms with Crippen molar-refractivity contribution in [3.05, 3.63) is 355 Å². The van der Waals surface area contributed by atoms with Gasteiger partial charge in [0.15, 0.2) is 17.3 Å². The molecule has 90 heavy (non-hydrogen) atoms. The van der Waals surface area contributed by atoms with Crippen LogP contribution in [0.3, 0.4) is 0 Å². The van der Waals surface area contributed by atoms with Crippen LogP contribution in [0.1, 0.15) is 47.8 Å². The SMILES string of the molecule is O=C(/C=C(\O)c1ccc2ccccc2c1)c1ccc2ccccc2c1.O=C(/C=C(\O)c1ccc2ccccc2c1)c1ccc2ccccc2c1.O=C(/C=C(\O)c1ccc2ccccc2c1)c1ccc2ccccc2c1.[Eu].c1cnc2c(c1)ccc1cccnc12. The van der Waals surface area contributed by atoms with Gasteiger partial charge in [0.25, 0.3) is 0 Å². The molecule has 0 unspecified atom stereocenters. The largest absolute Gasteiger partial charge is 0.507 e. The minimum atomic E-state index is -0.212. The number of carbonyl (C=O) groups excluding carboxylic acids is 3. The van der Waals surface area contributed by atoms with E-state index in [1.165, 1.54) is 18.2 Å². The number of aromatic nitrogens is 2. The van der Waals surface area contributed by atoms with Crippen molar-refractivity contribution in [2.24, 2.45) is 0 Å². The van der Waals surface area contributed by atoms with Gasteiger partial charge in [0.2, 0.25) is 0 Å². The number of benzene rings is 13. The van der Waals surface area contributed by atoms with Crippen LogP contribution in [0.4, 0.5) is 0 Å². The maximum atomic E-state index is 12.5. The molecule has 15 aromatic rings. The van der Waals surface area contributed by atoms with Gasteiger partial charge in [0.1, 0.15) is 17.3 Å². The third kappa shape index (κ3) is 14.5. The van der Waals surface area contributed by atoms with Crippen LogP contribution in [0.25, 0.3) is 104 Å². The third-order valence-corrected chi connectivity index (χ3v) is 15.4. The van der Waals surface area contributed by atoms with Crippen molar-refractivity contribution in [1.29, 1.82) is 0 Å². The molecule has 0 fully saturated rings. The number of hydrogen-bond donors (Lipinski definition) is 3. The summed E-state index contributed by atoms with van der Waals surface area (Å²) in [5.74, 6) is -0.707. The predicted molar refractivity (Wildman–Crippen MR) is 366 cm³/mol. The molecule has 2 aromatic heterocycles. The molecule has 3 N–H and O–H groups in total. The Morgan fingerprint density at radius 2 is 0.422 bits per heavy atom. The Bertz CT molecular complexity index is 4800. The number of rotatable bonds is 9. The van der Waals surface area contributed by atoms with Gasteiger partial charge in [0, 0.05) is 124 Å². The van der Waals surface area contributed by atoms with Crippen LogP contribution >= 0.6 is 0 Å². The van der Waals surface area contributed by atoms with E-state index in [9.17, 15) is 29.7 Å². The zero-order chi connectivity index (χ0) is 61.1. The number of nitrogens with zero attached hydrogens (tertiary/aromatic N) is 2. The van der Waals surface area contributed by atoms with Gasteiger partial charge in [-0.1, -0.05) is 243 Å². The summed E-state index contributed by atoms with van der Waals surface area (Å²) in [4.78, 5) is 46.2. The quantitative estimate of drug-likeness (QED) is 0.0562. The van der Waals surface area contributed by atoms with Crippen molar-refractivity contribution in [2.75, 3.05) is 0 Å². The summed E-state index contributed by atoms with van der Waals surface area (Å²) >= 11 is 0. The molecule has 1 radical (unpaired) electrons. The Hall–Kier alpha value is -10.5. The summed E-state index contributed by atoms with van der Waals surface area (Å²) in [6.45, 7) is 0. The molecule has 13 aromatic carbocycles. The van der Waals surface area contributed by atoms with E-state index < -0.39 is 0 Å². The first kappa shape index (κ1) is 61.1. The van der Waals surface area contributed by atoms with Gasteiger partial charge in [-0.15, -0.1) is 0 Å². The molecular weight excluding hydrogens is 1250 g/mol. The van der Waals surface area contributed by atoms with Crippen molar-refractivity contribution < 1.29 is 79.1 Å². The molecule has 9 heteroatoms. The smallest absolute Gasteiger partial charge is 0.189 e. The monoisotopic (exact) mass is 1310 g/mol. The molecule has 8 nitrogen and oxygen atoms in total. The Morgan fingerprint density at radius 3 is 0.667 bits per heavy atom. The number of fused-ring (bicyclic) bond motifs is 9. The van der Waals surface area contributed by atoms with E-state index in [0.717, 1.165) is 86.4 Å². The fourth-order valence-electron chi connectivity index (χ4n) is 10.6. The first-order valence-corrected chi connectivity index (χ1v) is 28.9. The van der Waals surface area contributed by atoms with Crippen molar-refractivity contribution in [2.45, 2.75) is 0 Å². The Morgan fingerprint density at radius 1 is 0.233 bits per heavy atom. The number of pyridine rings is 2. The van der Waals surface area contributed by atoms with E-state index in [1.54, 1.807) is 30.6 Å². The van der Waals surface area contributed by atoms with Gasteiger partial charge in [-0.3, -0.25) is 24.4 Å². The van der Waals surface area contributed by atoms with E-state index >= 15 is 0 Å². The summed E-state index contributed by atoms with van der Waals surface area (Å²) in [5, 5.41) is 46.0. The second-order valence-corrected chi connectivity index (χ2v) is 21.3. The summed E-state index contributed by atoms with van der Waals surface area (Å²) in [6, 6.07) is 93.2. The zero-order valence-electron chi connectivity index (χ0n) is 48.4. The third-order valence-electron chi connectivity index (χ3n) is 15.4. The van der Waals surface area contributed by atoms with Gasteiger partial charge in [-0.25, -0.2) is 0 Å². The fraction of sp³-hybridized carbons (Fsp3) is 0. The molecule has 433 valence electrons. The van der Waals surface area contributed by atoms with Crippen LogP contribution in [-0.4, -0.2) is 42.6 Å². The molecule has 0 saturated heterocycles. The normalized spacial score (nSPS) is 11.5. The van der Waals surface area contributed by atoms with Gasteiger partial charge in [-0.2, -0.15) is 0 Å². The summed E-state index contributed by atoms with van der Waals surface area (Å²) < 4.78 is 0. The van der Waals surface area contributed by atoms with Crippen LogP contribution in [0, 0.1) is 49.4 Å². The van der Waals surface area contributed by atoms with Crippen molar-refractivity contribution in [3.8, 4) is 0 Å². The number of ketones is 3. The molecule has 0 aliphatic heterocycles. The zero-order valence-corrected chi connectivity index (χ0v) is 50.9. The maximum absolute atomic E-state index is 12.5. The molecule has 0 bridgehead atoms. The average Bonchev–Trinajstić information content (AvgIpc) is 3.12. The Balaban J connectivity index is 0.000000125. The van der Waals surface area contributed by atoms with Crippen LogP contribution in [0.2, 0.25) is 0 Å². The minimum absolute atomic E-state index is 0. The summed E-state index contributed by atoms with van der Waals surface area (Å²) in [6.07, 6.45) is 7.46. The Kier molecular flexibility index (Phi) is 19.4. The molecule has 15 rings (SSSR count). The first-order chi connectivity index (χ1) is 43.6.